The predicted octanol–water partition coefficient (Wildman–Crippen LogP) is -0.0388. The highest BCUT2D eigenvalue weighted by Crippen LogP contribution is 2.34. The smallest absolute Gasteiger partial charge is 0.325 e. The quantitative estimate of drug-likeness (QED) is 0.515. The van der Waals surface area contributed by atoms with E-state index in [1.807, 2.05) is 24.3 Å². The molecule has 3 aliphatic rings. The van der Waals surface area contributed by atoms with E-state index in [-0.39, 0.29) is 49.8 Å². The van der Waals surface area contributed by atoms with E-state index >= 15 is 0 Å². The lowest BCUT2D eigenvalue weighted by Gasteiger charge is -2.42. The van der Waals surface area contributed by atoms with Crippen LogP contribution in [0.15, 0.2) is 24.3 Å². The monoisotopic (exact) mass is 401 g/mol. The third-order valence-corrected chi connectivity index (χ3v) is 5.36. The van der Waals surface area contributed by atoms with Gasteiger partial charge in [0.2, 0.25) is 11.8 Å². The molecule has 4 rings (SSSR count). The van der Waals surface area contributed by atoms with Crippen LogP contribution >= 0.6 is 0 Å². The van der Waals surface area contributed by atoms with Crippen molar-refractivity contribution in [1.82, 2.24) is 26.2 Å². The molecule has 3 fully saturated rings. The zero-order chi connectivity index (χ0) is 20.4. The lowest BCUT2D eigenvalue weighted by atomic mass is 9.85. The number of benzene rings is 1. The molecule has 1 aromatic carbocycles. The Hall–Kier alpha value is -3.14. The third-order valence-electron chi connectivity index (χ3n) is 5.36. The molecule has 3 saturated heterocycles. The number of hydrogen-bond acceptors (Lipinski definition) is 5. The van der Waals surface area contributed by atoms with Crippen LogP contribution in [0, 0.1) is 5.92 Å². The summed E-state index contributed by atoms with van der Waals surface area (Å²) >= 11 is 0. The minimum absolute atomic E-state index is 0.109. The Labute approximate surface area is 167 Å². The van der Waals surface area contributed by atoms with Gasteiger partial charge in [0.15, 0.2) is 0 Å². The summed E-state index contributed by atoms with van der Waals surface area (Å²) in [6.07, 6.45) is 1.60. The Morgan fingerprint density at radius 2 is 2.10 bits per heavy atom. The summed E-state index contributed by atoms with van der Waals surface area (Å²) in [7, 11) is 0. The van der Waals surface area contributed by atoms with E-state index in [0.29, 0.717) is 6.61 Å². The number of fused-ring (bicyclic) bond motifs is 1. The first kappa shape index (κ1) is 19.2. The first-order valence-electron chi connectivity index (χ1n) is 9.62. The van der Waals surface area contributed by atoms with Crippen LogP contribution in [-0.4, -0.2) is 54.7 Å². The van der Waals surface area contributed by atoms with Crippen LogP contribution in [0.3, 0.4) is 0 Å². The number of imide groups is 1. The minimum atomic E-state index is -0.557. The second-order valence-corrected chi connectivity index (χ2v) is 7.42. The fourth-order valence-corrected chi connectivity index (χ4v) is 3.98. The average Bonchev–Trinajstić information content (AvgIpc) is 3.02. The van der Waals surface area contributed by atoms with Crippen LogP contribution in [-0.2, 0) is 20.9 Å². The molecule has 10 nitrogen and oxygen atoms in total. The Morgan fingerprint density at radius 3 is 2.90 bits per heavy atom. The zero-order valence-corrected chi connectivity index (χ0v) is 15.8. The maximum Gasteiger partial charge on any atom is 0.325 e. The molecule has 6 amide bonds. The van der Waals surface area contributed by atoms with Crippen LogP contribution in [0.1, 0.15) is 30.0 Å². The molecule has 3 aliphatic heterocycles. The van der Waals surface area contributed by atoms with Crippen LogP contribution in [0.25, 0.3) is 0 Å². The van der Waals surface area contributed by atoms with Gasteiger partial charge >= 0.3 is 12.1 Å². The van der Waals surface area contributed by atoms with Gasteiger partial charge in [-0.05, 0) is 24.0 Å². The van der Waals surface area contributed by atoms with Crippen molar-refractivity contribution in [3.05, 3.63) is 35.4 Å². The number of amides is 6. The van der Waals surface area contributed by atoms with Gasteiger partial charge in [-0.25, -0.2) is 9.59 Å². The van der Waals surface area contributed by atoms with Crippen molar-refractivity contribution in [1.29, 1.82) is 0 Å². The van der Waals surface area contributed by atoms with Gasteiger partial charge in [-0.1, -0.05) is 24.3 Å². The van der Waals surface area contributed by atoms with Crippen molar-refractivity contribution in [2.75, 3.05) is 19.7 Å². The molecule has 4 N–H and O–H groups in total. The summed E-state index contributed by atoms with van der Waals surface area (Å²) in [6.45, 7) is 0.630. The number of hydrogen-bond donors (Lipinski definition) is 4. The third kappa shape index (κ3) is 4.32. The molecule has 0 radical (unpaired) electrons. The molecule has 0 aliphatic carbocycles. The predicted molar refractivity (Wildman–Crippen MR) is 100 cm³/mol. The van der Waals surface area contributed by atoms with Crippen LogP contribution < -0.4 is 21.3 Å². The van der Waals surface area contributed by atoms with Crippen molar-refractivity contribution < 1.29 is 23.9 Å². The Morgan fingerprint density at radius 1 is 1.24 bits per heavy atom. The number of nitrogens with one attached hydrogen (secondary N) is 4. The van der Waals surface area contributed by atoms with Crippen LogP contribution in [0.5, 0.6) is 0 Å². The van der Waals surface area contributed by atoms with E-state index in [1.54, 1.807) is 0 Å². The van der Waals surface area contributed by atoms with Crippen molar-refractivity contribution in [2.24, 2.45) is 5.92 Å². The van der Waals surface area contributed by atoms with E-state index < -0.39 is 11.9 Å². The number of carbonyl (C=O) groups excluding carboxylic acids is 4. The molecule has 154 valence electrons. The molecule has 10 heteroatoms. The molecule has 0 bridgehead atoms. The van der Waals surface area contributed by atoms with Gasteiger partial charge in [0.25, 0.3) is 0 Å². The summed E-state index contributed by atoms with van der Waals surface area (Å²) in [5.41, 5.74) is 1.83. The lowest BCUT2D eigenvalue weighted by Crippen LogP contribution is -2.58. The average molecular weight is 401 g/mol. The standard InChI is InChI=1S/C19H23N5O5/c25-14(9-24-10-15(26)21-19(24)28)20-8-11-3-1-4-12(7-11)16-13-5-2-6-29-17(13)23-18(27)22-16/h1,3-4,7,13,16-17H,2,5-6,8-10H2,(H,20,25)(H,21,26,28)(H2,22,23,27)/t13-,16-,17-/m0/s1. The van der Waals surface area contributed by atoms with Gasteiger partial charge in [0, 0.05) is 19.1 Å². The van der Waals surface area contributed by atoms with Crippen LogP contribution in [0.4, 0.5) is 9.59 Å². The van der Waals surface area contributed by atoms with Gasteiger partial charge in [0.05, 0.1) is 6.04 Å². The fraction of sp³-hybridized carbons (Fsp3) is 0.474. The molecule has 3 heterocycles. The minimum Gasteiger partial charge on any atom is -0.358 e. The SMILES string of the molecule is O=C(CN1CC(=O)NC1=O)NCc1cccc([C@@H]2NC(=O)N[C@H]3OCCC[C@H]32)c1. The van der Waals surface area contributed by atoms with Crippen molar-refractivity contribution in [2.45, 2.75) is 31.7 Å². The molecule has 1 aromatic rings. The van der Waals surface area contributed by atoms with Crippen LogP contribution in [0.2, 0.25) is 0 Å². The second-order valence-electron chi connectivity index (χ2n) is 7.42. The van der Waals surface area contributed by atoms with E-state index in [1.165, 1.54) is 0 Å². The summed E-state index contributed by atoms with van der Waals surface area (Å²) < 4.78 is 5.70. The van der Waals surface area contributed by atoms with E-state index in [0.717, 1.165) is 28.9 Å². The molecular formula is C19H23N5O5. The number of ether oxygens (including phenoxy) is 1. The van der Waals surface area contributed by atoms with Gasteiger partial charge < -0.3 is 25.6 Å². The Kier molecular flexibility index (Phi) is 5.34. The Balaban J connectivity index is 1.38. The highest BCUT2D eigenvalue weighted by Gasteiger charge is 2.39. The summed E-state index contributed by atoms with van der Waals surface area (Å²) in [5.74, 6) is -0.627. The topological polar surface area (TPSA) is 129 Å². The number of urea groups is 2. The zero-order valence-electron chi connectivity index (χ0n) is 15.8. The molecule has 0 unspecified atom stereocenters. The Bertz CT molecular complexity index is 844. The first-order chi connectivity index (χ1) is 14.0. The number of carbonyl (C=O) groups is 4. The van der Waals surface area contributed by atoms with E-state index in [9.17, 15) is 19.2 Å². The van der Waals surface area contributed by atoms with E-state index in [4.69, 9.17) is 4.74 Å². The lowest BCUT2D eigenvalue weighted by molar-refractivity contribution is -0.122. The second kappa shape index (κ2) is 8.08. The number of rotatable bonds is 5. The summed E-state index contributed by atoms with van der Waals surface area (Å²) in [6, 6.07) is 6.70. The van der Waals surface area contributed by atoms with Gasteiger partial charge in [-0.15, -0.1) is 0 Å². The van der Waals surface area contributed by atoms with Gasteiger partial charge in [0.1, 0.15) is 19.3 Å². The molecule has 0 aromatic heterocycles. The van der Waals surface area contributed by atoms with Crippen molar-refractivity contribution in [3.8, 4) is 0 Å². The van der Waals surface area contributed by atoms with Gasteiger partial charge in [-0.3, -0.25) is 14.9 Å². The maximum absolute atomic E-state index is 12.1. The molecule has 0 saturated carbocycles. The molecule has 3 atom stereocenters. The summed E-state index contributed by atoms with van der Waals surface area (Å²) in [4.78, 5) is 48.0. The maximum atomic E-state index is 12.1. The molecule has 0 spiro atoms. The molecule has 29 heavy (non-hydrogen) atoms. The van der Waals surface area contributed by atoms with E-state index in [2.05, 4.69) is 21.3 Å². The summed E-state index contributed by atoms with van der Waals surface area (Å²) in [5, 5.41) is 10.7. The molecular weight excluding hydrogens is 378 g/mol. The van der Waals surface area contributed by atoms with Crippen molar-refractivity contribution >= 4 is 23.9 Å². The largest absolute Gasteiger partial charge is 0.358 e. The first-order valence-corrected chi connectivity index (χ1v) is 9.62. The highest BCUT2D eigenvalue weighted by molar-refractivity contribution is 6.03. The number of nitrogens with zero attached hydrogens (tertiary/aromatic N) is 1. The van der Waals surface area contributed by atoms with Gasteiger partial charge in [-0.2, -0.15) is 0 Å². The van der Waals surface area contributed by atoms with Crippen molar-refractivity contribution in [3.63, 3.8) is 0 Å². The fourth-order valence-electron chi connectivity index (χ4n) is 3.98. The normalized spacial score (nSPS) is 26.3. The highest BCUT2D eigenvalue weighted by atomic mass is 16.5.